The number of carbonyl (C=O) groups is 3. The molecule has 1 aromatic heterocycles. The fourth-order valence-corrected chi connectivity index (χ4v) is 4.78. The number of nitrogens with two attached hydrogens (primary N) is 1. The monoisotopic (exact) mass is 386 g/mol. The van der Waals surface area contributed by atoms with Gasteiger partial charge >= 0.3 is 5.97 Å². The lowest BCUT2D eigenvalue weighted by atomic mass is 10.0. The van der Waals surface area contributed by atoms with Crippen LogP contribution in [0.1, 0.15) is 12.0 Å². The van der Waals surface area contributed by atoms with Crippen LogP contribution in [0, 0.1) is 0 Å². The summed E-state index contributed by atoms with van der Waals surface area (Å²) in [6, 6.07) is 3.06. The Morgan fingerprint density at radius 1 is 1.44 bits per heavy atom. The Kier molecular flexibility index (Phi) is 4.48. The number of β-lactam (4-membered cyclic amide) rings is 1. The molecule has 0 radical (unpaired) electrons. The van der Waals surface area contributed by atoms with Gasteiger partial charge in [0.25, 0.3) is 0 Å². The number of carboxylic acids is 1. The Bertz CT molecular complexity index is 883. The number of pyridine rings is 1. The van der Waals surface area contributed by atoms with E-state index in [1.165, 1.54) is 16.7 Å². The van der Waals surface area contributed by atoms with E-state index >= 15 is 0 Å². The number of amides is 2. The van der Waals surface area contributed by atoms with Gasteiger partial charge < -0.3 is 15.7 Å². The molecular formula is C18H18N4O4S. The first-order valence-electron chi connectivity index (χ1n) is 8.53. The highest BCUT2D eigenvalue weighted by Crippen LogP contribution is 2.40. The van der Waals surface area contributed by atoms with Crippen LogP contribution in [0.15, 0.2) is 47.4 Å². The maximum atomic E-state index is 12.7. The normalized spacial score (nSPS) is 26.5. The minimum absolute atomic E-state index is 0.0588. The minimum atomic E-state index is -1.18. The summed E-state index contributed by atoms with van der Waals surface area (Å²) < 4.78 is 0. The number of rotatable bonds is 4. The van der Waals surface area contributed by atoms with Crippen LogP contribution in [0.2, 0.25) is 0 Å². The van der Waals surface area contributed by atoms with E-state index in [4.69, 9.17) is 5.73 Å². The number of fused-ring (bicyclic) bond motifs is 1. The van der Waals surface area contributed by atoms with Gasteiger partial charge in [-0.3, -0.25) is 19.5 Å². The molecule has 3 aliphatic heterocycles. The predicted molar refractivity (Wildman–Crippen MR) is 98.1 cm³/mol. The van der Waals surface area contributed by atoms with Crippen LogP contribution in [0.4, 0.5) is 0 Å². The summed E-state index contributed by atoms with van der Waals surface area (Å²) >= 11 is 1.42. The highest BCUT2D eigenvalue weighted by Gasteiger charge is 2.51. The van der Waals surface area contributed by atoms with Crippen LogP contribution in [0.3, 0.4) is 0 Å². The van der Waals surface area contributed by atoms with Gasteiger partial charge in [0.2, 0.25) is 11.8 Å². The number of allylic oxidation sites excluding steroid dienone is 1. The smallest absolute Gasteiger partial charge is 0.352 e. The van der Waals surface area contributed by atoms with Crippen molar-refractivity contribution in [1.82, 2.24) is 14.8 Å². The van der Waals surface area contributed by atoms with Crippen LogP contribution in [-0.4, -0.2) is 61.4 Å². The molecule has 8 nitrogen and oxygen atoms in total. The summed E-state index contributed by atoms with van der Waals surface area (Å²) in [5, 5.41) is 9.25. The zero-order valence-electron chi connectivity index (χ0n) is 14.4. The Hall–Kier alpha value is -2.65. The molecular weight excluding hydrogens is 368 g/mol. The van der Waals surface area contributed by atoms with Crippen LogP contribution in [0.25, 0.3) is 0 Å². The Morgan fingerprint density at radius 3 is 2.96 bits per heavy atom. The number of carbonyl (C=O) groups excluding carboxylic acids is 2. The van der Waals surface area contributed by atoms with E-state index in [0.717, 1.165) is 5.56 Å². The van der Waals surface area contributed by atoms with Crippen molar-refractivity contribution in [2.24, 2.45) is 5.73 Å². The molecule has 0 saturated carbocycles. The van der Waals surface area contributed by atoms with E-state index in [1.807, 2.05) is 12.1 Å². The topological polar surface area (TPSA) is 117 Å². The molecule has 2 atom stereocenters. The minimum Gasteiger partial charge on any atom is -0.477 e. The zero-order valence-corrected chi connectivity index (χ0v) is 15.2. The third-order valence-corrected chi connectivity index (χ3v) is 6.22. The van der Waals surface area contributed by atoms with Crippen molar-refractivity contribution in [1.29, 1.82) is 0 Å². The van der Waals surface area contributed by atoms with Crippen molar-refractivity contribution < 1.29 is 19.5 Å². The predicted octanol–water partition coefficient (Wildman–Crippen LogP) is 0.321. The fourth-order valence-electron chi connectivity index (χ4n) is 3.52. The van der Waals surface area contributed by atoms with Crippen LogP contribution in [-0.2, 0) is 20.9 Å². The number of nitrogens with zero attached hydrogens (tertiary/aromatic N) is 3. The molecule has 2 saturated heterocycles. The summed E-state index contributed by atoms with van der Waals surface area (Å²) in [6.45, 7) is 1.03. The SMILES string of the molecule is N[C@@H]1C(=O)N2C(C(=O)O)=C(/C=C3\CCN(Cc4cccnc4)C3=O)CS[C@H]12. The second kappa shape index (κ2) is 6.82. The highest BCUT2D eigenvalue weighted by atomic mass is 32.2. The molecule has 0 spiro atoms. The van der Waals surface area contributed by atoms with Gasteiger partial charge in [-0.2, -0.15) is 0 Å². The average Bonchev–Trinajstić information content (AvgIpc) is 3.01. The molecule has 2 amide bonds. The summed E-state index contributed by atoms with van der Waals surface area (Å²) in [6.07, 6.45) is 5.57. The van der Waals surface area contributed by atoms with Crippen molar-refractivity contribution in [3.05, 3.63) is 53.0 Å². The summed E-state index contributed by atoms with van der Waals surface area (Å²) in [5.74, 6) is -1.28. The van der Waals surface area contributed by atoms with Crippen molar-refractivity contribution in [2.75, 3.05) is 12.3 Å². The lowest BCUT2D eigenvalue weighted by Gasteiger charge is -2.47. The number of carboxylic acid groups (broad SMARTS) is 1. The van der Waals surface area contributed by atoms with Gasteiger partial charge in [-0.25, -0.2) is 4.79 Å². The lowest BCUT2D eigenvalue weighted by molar-refractivity contribution is -0.147. The Balaban J connectivity index is 1.58. The molecule has 9 heteroatoms. The zero-order chi connectivity index (χ0) is 19.1. The van der Waals surface area contributed by atoms with Gasteiger partial charge in [0.05, 0.1) is 0 Å². The molecule has 27 heavy (non-hydrogen) atoms. The number of likely N-dealkylation sites (tertiary alicyclic amines) is 1. The third kappa shape index (κ3) is 3.02. The van der Waals surface area contributed by atoms with Gasteiger partial charge in [-0.15, -0.1) is 11.8 Å². The summed E-state index contributed by atoms with van der Waals surface area (Å²) in [4.78, 5) is 43.4. The second-order valence-corrected chi connectivity index (χ2v) is 7.73. The number of aliphatic carboxylic acids is 1. The van der Waals surface area contributed by atoms with Crippen molar-refractivity contribution in [2.45, 2.75) is 24.4 Å². The summed E-state index contributed by atoms with van der Waals surface area (Å²) in [5.41, 5.74) is 7.67. The highest BCUT2D eigenvalue weighted by molar-refractivity contribution is 8.00. The fraction of sp³-hybridized carbons (Fsp3) is 0.333. The molecule has 3 N–H and O–H groups in total. The average molecular weight is 386 g/mol. The van der Waals surface area contributed by atoms with E-state index in [0.29, 0.717) is 36.4 Å². The number of hydrogen-bond donors (Lipinski definition) is 2. The van der Waals surface area contributed by atoms with Crippen molar-refractivity contribution >= 4 is 29.5 Å². The van der Waals surface area contributed by atoms with Gasteiger partial charge in [-0.05, 0) is 29.7 Å². The molecule has 1 aromatic rings. The Morgan fingerprint density at radius 2 is 2.26 bits per heavy atom. The van der Waals surface area contributed by atoms with Crippen molar-refractivity contribution in [3.63, 3.8) is 0 Å². The molecule has 2 fully saturated rings. The van der Waals surface area contributed by atoms with E-state index in [1.54, 1.807) is 23.4 Å². The first kappa shape index (κ1) is 17.7. The van der Waals surface area contributed by atoms with Gasteiger partial charge in [0.1, 0.15) is 17.1 Å². The Labute approximate surface area is 159 Å². The van der Waals surface area contributed by atoms with E-state index in [9.17, 15) is 19.5 Å². The van der Waals surface area contributed by atoms with Gasteiger partial charge in [0.15, 0.2) is 0 Å². The maximum absolute atomic E-state index is 12.7. The first-order chi connectivity index (χ1) is 13.0. The third-order valence-electron chi connectivity index (χ3n) is 4.90. The second-order valence-electron chi connectivity index (χ2n) is 6.62. The number of thioether (sulfide) groups is 1. The van der Waals surface area contributed by atoms with Crippen LogP contribution >= 0.6 is 11.8 Å². The van der Waals surface area contributed by atoms with Gasteiger partial charge in [0, 0.05) is 36.8 Å². The van der Waals surface area contributed by atoms with Crippen LogP contribution < -0.4 is 5.73 Å². The number of aromatic nitrogens is 1. The van der Waals surface area contributed by atoms with E-state index in [2.05, 4.69) is 4.98 Å². The molecule has 140 valence electrons. The molecule has 3 aliphatic rings. The number of hydrogen-bond acceptors (Lipinski definition) is 6. The molecule has 0 aliphatic carbocycles. The largest absolute Gasteiger partial charge is 0.477 e. The molecule has 0 unspecified atom stereocenters. The van der Waals surface area contributed by atoms with E-state index in [-0.39, 0.29) is 17.0 Å². The van der Waals surface area contributed by atoms with Crippen LogP contribution in [0.5, 0.6) is 0 Å². The summed E-state index contributed by atoms with van der Waals surface area (Å²) in [7, 11) is 0. The van der Waals surface area contributed by atoms with Gasteiger partial charge in [-0.1, -0.05) is 6.07 Å². The molecule has 4 rings (SSSR count). The van der Waals surface area contributed by atoms with Crippen molar-refractivity contribution in [3.8, 4) is 0 Å². The molecule has 0 aromatic carbocycles. The molecule has 0 bridgehead atoms. The lowest BCUT2D eigenvalue weighted by Crippen LogP contribution is -2.68. The van der Waals surface area contributed by atoms with E-state index < -0.39 is 17.9 Å². The maximum Gasteiger partial charge on any atom is 0.352 e. The quantitative estimate of drug-likeness (QED) is 0.565. The first-order valence-corrected chi connectivity index (χ1v) is 9.57. The standard InChI is InChI=1S/C18H18N4O4S/c19-13-16(24)22-14(18(25)26)12(9-27-17(13)22)6-11-3-5-21(15(11)23)8-10-2-1-4-20-7-10/h1-2,4,6-7,13,17H,3,5,8-9,19H2,(H,25,26)/b11-6+/t13-,17-/m1/s1. The molecule has 4 heterocycles.